The molecule has 0 aliphatic carbocycles. The molecule has 0 amide bonds. The lowest BCUT2D eigenvalue weighted by Gasteiger charge is -1.82. The van der Waals surface area contributed by atoms with Gasteiger partial charge in [0.2, 0.25) is 0 Å². The highest BCUT2D eigenvalue weighted by Gasteiger charge is 2.09. The van der Waals surface area contributed by atoms with E-state index in [0.717, 1.165) is 18.7 Å². The Labute approximate surface area is 79.0 Å². The summed E-state index contributed by atoms with van der Waals surface area (Å²) in [6.45, 7) is 2.07. The topological polar surface area (TPSA) is 64.7 Å². The van der Waals surface area contributed by atoms with Gasteiger partial charge in [-0.05, 0) is 18.0 Å². The Balaban J connectivity index is 2.23. The fourth-order valence-corrected chi connectivity index (χ4v) is 1.37. The van der Waals surface area contributed by atoms with E-state index >= 15 is 0 Å². The van der Waals surface area contributed by atoms with Gasteiger partial charge in [-0.1, -0.05) is 16.6 Å². The average Bonchev–Trinajstić information content (AvgIpc) is 2.70. The van der Waals surface area contributed by atoms with Crippen LogP contribution in [0.4, 0.5) is 0 Å². The molecule has 2 rings (SSSR count). The third kappa shape index (κ3) is 1.72. The zero-order valence-corrected chi connectivity index (χ0v) is 7.91. The van der Waals surface area contributed by atoms with Crippen molar-refractivity contribution in [2.24, 2.45) is 0 Å². The van der Waals surface area contributed by atoms with Crippen LogP contribution in [0, 0.1) is 0 Å². The predicted molar refractivity (Wildman–Crippen MR) is 47.2 cm³/mol. The number of rotatable bonds is 3. The Morgan fingerprint density at radius 3 is 3.15 bits per heavy atom. The van der Waals surface area contributed by atoms with Gasteiger partial charge < -0.3 is 4.52 Å². The normalized spacial score (nSPS) is 10.5. The van der Waals surface area contributed by atoms with Crippen molar-refractivity contribution in [3.8, 4) is 11.6 Å². The Hall–Kier alpha value is -1.30. The summed E-state index contributed by atoms with van der Waals surface area (Å²) in [6.07, 6.45) is 1.84. The van der Waals surface area contributed by atoms with Gasteiger partial charge in [-0.2, -0.15) is 4.98 Å². The molecule has 6 heteroatoms. The molecule has 0 aromatic carbocycles. The van der Waals surface area contributed by atoms with E-state index in [2.05, 4.69) is 26.7 Å². The number of nitrogens with zero attached hydrogens (tertiary/aromatic N) is 4. The molecule has 0 saturated heterocycles. The molecule has 5 nitrogen and oxygen atoms in total. The summed E-state index contributed by atoms with van der Waals surface area (Å²) < 4.78 is 8.72. The van der Waals surface area contributed by atoms with Gasteiger partial charge in [-0.15, -0.1) is 5.10 Å². The number of hydrogen-bond acceptors (Lipinski definition) is 6. The van der Waals surface area contributed by atoms with Crippen LogP contribution in [0.2, 0.25) is 0 Å². The largest absolute Gasteiger partial charge is 0.332 e. The van der Waals surface area contributed by atoms with Gasteiger partial charge >= 0.3 is 0 Å². The van der Waals surface area contributed by atoms with Gasteiger partial charge in [0.15, 0.2) is 11.5 Å². The summed E-state index contributed by atoms with van der Waals surface area (Å²) >= 11 is 1.27. The first-order chi connectivity index (χ1) is 6.40. The van der Waals surface area contributed by atoms with Crippen molar-refractivity contribution < 1.29 is 4.52 Å². The van der Waals surface area contributed by atoms with Crippen molar-refractivity contribution in [2.45, 2.75) is 19.8 Å². The maximum atomic E-state index is 5.00. The Morgan fingerprint density at radius 2 is 2.46 bits per heavy atom. The highest BCUT2D eigenvalue weighted by Crippen LogP contribution is 2.14. The Morgan fingerprint density at radius 1 is 1.54 bits per heavy atom. The van der Waals surface area contributed by atoms with E-state index in [1.807, 2.05) is 0 Å². The van der Waals surface area contributed by atoms with Crippen molar-refractivity contribution in [1.82, 2.24) is 19.7 Å². The molecule has 2 heterocycles. The van der Waals surface area contributed by atoms with Crippen molar-refractivity contribution in [1.29, 1.82) is 0 Å². The second-order valence-electron chi connectivity index (χ2n) is 2.56. The molecule has 0 aliphatic heterocycles. The van der Waals surface area contributed by atoms with Gasteiger partial charge in [0.1, 0.15) is 0 Å². The smallest absolute Gasteiger partial charge is 0.279 e. The standard InChI is InChI=1S/C7H8N4OS/c1-2-3-6-8-7(12-10-6)5-4-13-11-9-5/h4H,2-3H2,1H3. The molecule has 2 aromatic rings. The molecule has 0 bridgehead atoms. The van der Waals surface area contributed by atoms with Gasteiger partial charge in [-0.25, -0.2) is 0 Å². The highest BCUT2D eigenvalue weighted by atomic mass is 32.1. The fourth-order valence-electron chi connectivity index (χ4n) is 0.941. The summed E-state index contributed by atoms with van der Waals surface area (Å²) in [7, 11) is 0. The minimum Gasteiger partial charge on any atom is -0.332 e. The molecule has 13 heavy (non-hydrogen) atoms. The maximum Gasteiger partial charge on any atom is 0.279 e. The van der Waals surface area contributed by atoms with E-state index in [1.54, 1.807) is 5.38 Å². The SMILES string of the molecule is CCCc1noc(-c2csnn2)n1. The average molecular weight is 196 g/mol. The Kier molecular flexibility index (Phi) is 2.31. The van der Waals surface area contributed by atoms with Crippen LogP contribution >= 0.6 is 11.5 Å². The molecule has 0 spiro atoms. The van der Waals surface area contributed by atoms with E-state index in [9.17, 15) is 0 Å². The molecule has 0 radical (unpaired) electrons. The predicted octanol–water partition coefficient (Wildman–Crippen LogP) is 1.54. The molecule has 68 valence electrons. The zero-order chi connectivity index (χ0) is 9.10. The second kappa shape index (κ2) is 3.61. The van der Waals surface area contributed by atoms with Gasteiger partial charge in [-0.3, -0.25) is 0 Å². The van der Waals surface area contributed by atoms with E-state index in [0.29, 0.717) is 11.6 Å². The van der Waals surface area contributed by atoms with Gasteiger partial charge in [0, 0.05) is 11.8 Å². The van der Waals surface area contributed by atoms with Crippen LogP contribution in [0.5, 0.6) is 0 Å². The van der Waals surface area contributed by atoms with E-state index in [-0.39, 0.29) is 0 Å². The quantitative estimate of drug-likeness (QED) is 0.745. The minimum atomic E-state index is 0.456. The first kappa shape index (κ1) is 8.31. The number of aromatic nitrogens is 4. The molecule has 2 aromatic heterocycles. The summed E-state index contributed by atoms with van der Waals surface area (Å²) in [4.78, 5) is 4.17. The van der Waals surface area contributed by atoms with Crippen molar-refractivity contribution in [3.05, 3.63) is 11.2 Å². The highest BCUT2D eigenvalue weighted by molar-refractivity contribution is 7.03. The third-order valence-electron chi connectivity index (χ3n) is 1.52. The number of aryl methyl sites for hydroxylation is 1. The first-order valence-electron chi connectivity index (χ1n) is 4.00. The van der Waals surface area contributed by atoms with Crippen LogP contribution in [0.3, 0.4) is 0 Å². The third-order valence-corrected chi connectivity index (χ3v) is 2.03. The van der Waals surface area contributed by atoms with Crippen molar-refractivity contribution in [3.63, 3.8) is 0 Å². The summed E-state index contributed by atoms with van der Waals surface area (Å²) in [5.41, 5.74) is 0.653. The lowest BCUT2D eigenvalue weighted by Crippen LogP contribution is -1.85. The summed E-state index contributed by atoms with van der Waals surface area (Å²) in [5.74, 6) is 1.18. The van der Waals surface area contributed by atoms with Crippen LogP contribution in [0.1, 0.15) is 19.2 Å². The Bertz CT molecular complexity index is 370. The maximum absolute atomic E-state index is 5.00. The molecule has 0 fully saturated rings. The molecule has 0 aliphatic rings. The van der Waals surface area contributed by atoms with Crippen LogP contribution in [-0.4, -0.2) is 19.7 Å². The van der Waals surface area contributed by atoms with Crippen LogP contribution in [0.25, 0.3) is 11.6 Å². The van der Waals surface area contributed by atoms with Crippen LogP contribution < -0.4 is 0 Å². The fraction of sp³-hybridized carbons (Fsp3) is 0.429. The first-order valence-corrected chi connectivity index (χ1v) is 4.84. The summed E-state index contributed by atoms with van der Waals surface area (Å²) in [6, 6.07) is 0. The molecule has 0 N–H and O–H groups in total. The molecular formula is C7H8N4OS. The van der Waals surface area contributed by atoms with Crippen LogP contribution in [0.15, 0.2) is 9.90 Å². The van der Waals surface area contributed by atoms with Gasteiger partial charge in [0.25, 0.3) is 5.89 Å². The van der Waals surface area contributed by atoms with E-state index in [1.165, 1.54) is 11.5 Å². The molecular weight excluding hydrogens is 188 g/mol. The number of hydrogen-bond donors (Lipinski definition) is 0. The van der Waals surface area contributed by atoms with Gasteiger partial charge in [0.05, 0.1) is 0 Å². The second-order valence-corrected chi connectivity index (χ2v) is 3.17. The molecule has 0 saturated carbocycles. The van der Waals surface area contributed by atoms with Crippen LogP contribution in [-0.2, 0) is 6.42 Å². The lowest BCUT2D eigenvalue weighted by molar-refractivity contribution is 0.421. The van der Waals surface area contributed by atoms with Crippen molar-refractivity contribution in [2.75, 3.05) is 0 Å². The molecule has 0 atom stereocenters. The lowest BCUT2D eigenvalue weighted by atomic mass is 10.3. The zero-order valence-electron chi connectivity index (χ0n) is 7.10. The van der Waals surface area contributed by atoms with E-state index < -0.39 is 0 Å². The monoisotopic (exact) mass is 196 g/mol. The minimum absolute atomic E-state index is 0.456. The van der Waals surface area contributed by atoms with Crippen molar-refractivity contribution >= 4 is 11.5 Å². The molecule has 0 unspecified atom stereocenters. The van der Waals surface area contributed by atoms with E-state index in [4.69, 9.17) is 4.52 Å². The summed E-state index contributed by atoms with van der Waals surface area (Å²) in [5, 5.41) is 9.43.